The molecule has 0 bridgehead atoms. The fourth-order valence-electron chi connectivity index (χ4n) is 1.93. The Labute approximate surface area is 107 Å². The van der Waals surface area contributed by atoms with Gasteiger partial charge in [-0.05, 0) is 41.5 Å². The summed E-state index contributed by atoms with van der Waals surface area (Å²) in [4.78, 5) is 15.6. The molecule has 1 N–H and O–H groups in total. The molecule has 1 fully saturated rings. The van der Waals surface area contributed by atoms with Crippen LogP contribution in [-0.2, 0) is 0 Å². The Bertz CT molecular complexity index is 405. The van der Waals surface area contributed by atoms with Crippen molar-refractivity contribution in [1.82, 2.24) is 10.3 Å². The second-order valence-corrected chi connectivity index (χ2v) is 4.94. The normalized spacial score (nSPS) is 16.4. The van der Waals surface area contributed by atoms with Gasteiger partial charge in [0.1, 0.15) is 3.70 Å². The summed E-state index contributed by atoms with van der Waals surface area (Å²) in [5, 5.41) is 2.85. The summed E-state index contributed by atoms with van der Waals surface area (Å²) in [5.41, 5.74) is 0.0892. The monoisotopic (exact) mass is 334 g/mol. The highest BCUT2D eigenvalue weighted by atomic mass is 127. The van der Waals surface area contributed by atoms with Crippen molar-refractivity contribution < 1.29 is 9.18 Å². The third-order valence-electron chi connectivity index (χ3n) is 2.78. The topological polar surface area (TPSA) is 42.0 Å². The molecule has 1 amide bonds. The van der Waals surface area contributed by atoms with Gasteiger partial charge in [0.05, 0.1) is 5.56 Å². The molecule has 3 nitrogen and oxygen atoms in total. The minimum absolute atomic E-state index is 0.0892. The van der Waals surface area contributed by atoms with E-state index in [0.717, 1.165) is 25.7 Å². The van der Waals surface area contributed by atoms with Crippen LogP contribution in [0.1, 0.15) is 36.0 Å². The van der Waals surface area contributed by atoms with Gasteiger partial charge < -0.3 is 5.32 Å². The fourth-order valence-corrected chi connectivity index (χ4v) is 2.38. The Balaban J connectivity index is 2.11. The molecule has 0 unspecified atom stereocenters. The van der Waals surface area contributed by atoms with E-state index in [4.69, 9.17) is 0 Å². The molecule has 1 aromatic heterocycles. The lowest BCUT2D eigenvalue weighted by molar-refractivity contribution is 0.0933. The molecular formula is C11H12FIN2O. The number of aromatic nitrogens is 1. The van der Waals surface area contributed by atoms with Crippen LogP contribution in [0.5, 0.6) is 0 Å². The van der Waals surface area contributed by atoms with Crippen molar-refractivity contribution in [2.45, 2.75) is 31.7 Å². The van der Waals surface area contributed by atoms with Gasteiger partial charge in [0.25, 0.3) is 5.91 Å². The molecule has 1 aliphatic rings. The van der Waals surface area contributed by atoms with Crippen LogP contribution in [-0.4, -0.2) is 16.9 Å². The molecule has 2 rings (SSSR count). The first-order valence-corrected chi connectivity index (χ1v) is 6.37. The van der Waals surface area contributed by atoms with Crippen LogP contribution in [0.3, 0.4) is 0 Å². The summed E-state index contributed by atoms with van der Waals surface area (Å²) in [6.07, 6.45) is 5.72. The standard InChI is InChI=1S/C11H12FIN2O/c12-9-8(5-6-14-10(9)13)11(16)15-7-3-1-2-4-7/h5-7H,1-4H2,(H,15,16). The number of carbonyl (C=O) groups excluding carboxylic acids is 1. The molecule has 5 heteroatoms. The van der Waals surface area contributed by atoms with Crippen molar-refractivity contribution in [3.05, 3.63) is 27.3 Å². The van der Waals surface area contributed by atoms with Crippen LogP contribution in [0, 0.1) is 9.52 Å². The molecule has 0 saturated heterocycles. The third kappa shape index (κ3) is 2.50. The molecule has 86 valence electrons. The highest BCUT2D eigenvalue weighted by molar-refractivity contribution is 14.1. The van der Waals surface area contributed by atoms with Crippen molar-refractivity contribution >= 4 is 28.5 Å². The highest BCUT2D eigenvalue weighted by Crippen LogP contribution is 2.19. The van der Waals surface area contributed by atoms with E-state index in [9.17, 15) is 9.18 Å². The van der Waals surface area contributed by atoms with Gasteiger partial charge in [0, 0.05) is 12.2 Å². The molecule has 1 aliphatic carbocycles. The van der Waals surface area contributed by atoms with E-state index in [1.54, 1.807) is 22.6 Å². The second kappa shape index (κ2) is 5.07. The quantitative estimate of drug-likeness (QED) is 0.667. The molecule has 0 aromatic carbocycles. The van der Waals surface area contributed by atoms with Crippen molar-refractivity contribution in [3.8, 4) is 0 Å². The number of nitrogens with one attached hydrogen (secondary N) is 1. The summed E-state index contributed by atoms with van der Waals surface area (Å²) in [7, 11) is 0. The highest BCUT2D eigenvalue weighted by Gasteiger charge is 2.20. The zero-order valence-electron chi connectivity index (χ0n) is 8.67. The smallest absolute Gasteiger partial charge is 0.254 e. The predicted molar refractivity (Wildman–Crippen MR) is 66.6 cm³/mol. The molecule has 16 heavy (non-hydrogen) atoms. The summed E-state index contributed by atoms with van der Waals surface area (Å²) < 4.78 is 13.8. The second-order valence-electron chi connectivity index (χ2n) is 3.92. The number of hydrogen-bond donors (Lipinski definition) is 1. The van der Waals surface area contributed by atoms with Gasteiger partial charge in [0.2, 0.25) is 0 Å². The predicted octanol–water partition coefficient (Wildman–Crippen LogP) is 2.50. The number of pyridine rings is 1. The van der Waals surface area contributed by atoms with Gasteiger partial charge in [-0.25, -0.2) is 9.37 Å². The number of hydrogen-bond acceptors (Lipinski definition) is 2. The maximum Gasteiger partial charge on any atom is 0.254 e. The van der Waals surface area contributed by atoms with Gasteiger partial charge in [-0.2, -0.15) is 0 Å². The lowest BCUT2D eigenvalue weighted by atomic mass is 10.2. The summed E-state index contributed by atoms with van der Waals surface area (Å²) in [6.45, 7) is 0. The summed E-state index contributed by atoms with van der Waals surface area (Å²) >= 11 is 1.78. The average Bonchev–Trinajstić information content (AvgIpc) is 2.74. The zero-order valence-corrected chi connectivity index (χ0v) is 10.8. The van der Waals surface area contributed by atoms with E-state index in [1.807, 2.05) is 0 Å². The van der Waals surface area contributed by atoms with Crippen LogP contribution in [0.15, 0.2) is 12.3 Å². The van der Waals surface area contributed by atoms with Gasteiger partial charge in [0.15, 0.2) is 5.82 Å². The Hall–Kier alpha value is -0.720. The number of nitrogens with zero attached hydrogens (tertiary/aromatic N) is 1. The molecule has 1 aromatic rings. The van der Waals surface area contributed by atoms with E-state index in [2.05, 4.69) is 10.3 Å². The lowest BCUT2D eigenvalue weighted by Gasteiger charge is -2.12. The first-order chi connectivity index (χ1) is 7.68. The summed E-state index contributed by atoms with van der Waals surface area (Å²) in [5.74, 6) is -0.858. The number of halogens is 2. The molecule has 0 spiro atoms. The minimum atomic E-state index is -0.529. The van der Waals surface area contributed by atoms with Crippen LogP contribution in [0.4, 0.5) is 4.39 Å². The molecule has 1 saturated carbocycles. The first kappa shape index (κ1) is 11.8. The number of rotatable bonds is 2. The average molecular weight is 334 g/mol. The van der Waals surface area contributed by atoms with Gasteiger partial charge in [-0.3, -0.25) is 4.79 Å². The molecule has 0 aliphatic heterocycles. The van der Waals surface area contributed by atoms with Crippen molar-refractivity contribution in [2.75, 3.05) is 0 Å². The first-order valence-electron chi connectivity index (χ1n) is 5.29. The van der Waals surface area contributed by atoms with Gasteiger partial charge >= 0.3 is 0 Å². The van der Waals surface area contributed by atoms with Crippen molar-refractivity contribution in [3.63, 3.8) is 0 Å². The third-order valence-corrected chi connectivity index (χ3v) is 3.53. The number of amides is 1. The van der Waals surface area contributed by atoms with E-state index in [0.29, 0.717) is 0 Å². The molecule has 0 atom stereocenters. The van der Waals surface area contributed by atoms with Crippen LogP contribution < -0.4 is 5.32 Å². The Kier molecular flexibility index (Phi) is 3.73. The molecular weight excluding hydrogens is 322 g/mol. The van der Waals surface area contributed by atoms with Crippen molar-refractivity contribution in [1.29, 1.82) is 0 Å². The van der Waals surface area contributed by atoms with E-state index < -0.39 is 5.82 Å². The summed E-state index contributed by atoms with van der Waals surface area (Å²) in [6, 6.07) is 1.62. The Morgan fingerprint density at radius 3 is 2.88 bits per heavy atom. The van der Waals surface area contributed by atoms with Crippen LogP contribution in [0.25, 0.3) is 0 Å². The molecule has 0 radical (unpaired) electrons. The van der Waals surface area contributed by atoms with E-state index in [1.165, 1.54) is 12.3 Å². The lowest BCUT2D eigenvalue weighted by Crippen LogP contribution is -2.33. The maximum atomic E-state index is 13.6. The van der Waals surface area contributed by atoms with E-state index in [-0.39, 0.29) is 21.2 Å². The van der Waals surface area contributed by atoms with Crippen LogP contribution >= 0.6 is 22.6 Å². The fraction of sp³-hybridized carbons (Fsp3) is 0.455. The maximum absolute atomic E-state index is 13.6. The Morgan fingerprint density at radius 2 is 2.19 bits per heavy atom. The van der Waals surface area contributed by atoms with Crippen LogP contribution in [0.2, 0.25) is 0 Å². The Morgan fingerprint density at radius 1 is 1.50 bits per heavy atom. The van der Waals surface area contributed by atoms with Gasteiger partial charge in [-0.15, -0.1) is 0 Å². The van der Waals surface area contributed by atoms with Gasteiger partial charge in [-0.1, -0.05) is 12.8 Å². The zero-order chi connectivity index (χ0) is 11.5. The van der Waals surface area contributed by atoms with E-state index >= 15 is 0 Å². The largest absolute Gasteiger partial charge is 0.349 e. The minimum Gasteiger partial charge on any atom is -0.349 e. The number of carbonyl (C=O) groups is 1. The van der Waals surface area contributed by atoms with Crippen molar-refractivity contribution in [2.24, 2.45) is 0 Å². The SMILES string of the molecule is O=C(NC1CCCC1)c1ccnc(I)c1F. The molecule has 1 heterocycles.